The molecule has 1 aromatic rings. The van der Waals surface area contributed by atoms with Gasteiger partial charge in [0.1, 0.15) is 5.75 Å². The highest BCUT2D eigenvalue weighted by Crippen LogP contribution is 2.31. The van der Waals surface area contributed by atoms with E-state index in [9.17, 15) is 4.79 Å². The van der Waals surface area contributed by atoms with Crippen molar-refractivity contribution in [3.63, 3.8) is 0 Å². The quantitative estimate of drug-likeness (QED) is 0.897. The Morgan fingerprint density at radius 1 is 1.38 bits per heavy atom. The van der Waals surface area contributed by atoms with Gasteiger partial charge in [0.2, 0.25) is 5.91 Å². The third kappa shape index (κ3) is 3.74. The van der Waals surface area contributed by atoms with Gasteiger partial charge in [-0.05, 0) is 30.5 Å². The molecule has 1 aliphatic rings. The molecule has 1 aliphatic heterocycles. The molecule has 0 bridgehead atoms. The second-order valence-corrected chi connectivity index (χ2v) is 5.36. The number of rotatable bonds is 5. The van der Waals surface area contributed by atoms with Crippen molar-refractivity contribution in [2.24, 2.45) is 5.73 Å². The molecule has 2 N–H and O–H groups in total. The highest BCUT2D eigenvalue weighted by molar-refractivity contribution is 5.77. The number of methoxy groups -OCH3 is 2. The molecule has 0 aliphatic carbocycles. The summed E-state index contributed by atoms with van der Waals surface area (Å²) in [6.45, 7) is 1.07. The van der Waals surface area contributed by atoms with Crippen LogP contribution in [0.5, 0.6) is 5.75 Å². The molecule has 2 unspecified atom stereocenters. The zero-order valence-corrected chi connectivity index (χ0v) is 12.7. The maximum absolute atomic E-state index is 12.4. The highest BCUT2D eigenvalue weighted by Gasteiger charge is 2.32. The number of hydrogen-bond donors (Lipinski definition) is 1. The van der Waals surface area contributed by atoms with Crippen LogP contribution in [0.4, 0.5) is 0 Å². The van der Waals surface area contributed by atoms with E-state index in [1.165, 1.54) is 0 Å². The number of nitrogens with zero attached hydrogens (tertiary/aromatic N) is 1. The summed E-state index contributed by atoms with van der Waals surface area (Å²) in [6.07, 6.45) is 2.24. The van der Waals surface area contributed by atoms with Crippen molar-refractivity contribution in [2.75, 3.05) is 27.4 Å². The second kappa shape index (κ2) is 7.43. The van der Waals surface area contributed by atoms with Crippen molar-refractivity contribution in [3.8, 4) is 5.75 Å². The molecule has 116 valence electrons. The highest BCUT2D eigenvalue weighted by atomic mass is 16.5. The minimum Gasteiger partial charge on any atom is -0.497 e. The standard InChI is InChI=1S/C16H24N2O3/c1-20-10-9-18-15(19)8-4-7-14(17)16(18)12-5-3-6-13(11-12)21-2/h3,5-6,11,14,16H,4,7-10,17H2,1-2H3. The SMILES string of the molecule is COCCN1C(=O)CCCC(N)C1c1cccc(OC)c1. The van der Waals surface area contributed by atoms with Crippen LogP contribution < -0.4 is 10.5 Å². The fourth-order valence-corrected chi connectivity index (χ4v) is 2.88. The Balaban J connectivity index is 2.33. The molecule has 1 amide bonds. The Morgan fingerprint density at radius 2 is 2.19 bits per heavy atom. The molecular formula is C16H24N2O3. The van der Waals surface area contributed by atoms with Crippen LogP contribution in [0.3, 0.4) is 0 Å². The topological polar surface area (TPSA) is 64.8 Å². The van der Waals surface area contributed by atoms with E-state index in [-0.39, 0.29) is 18.0 Å². The molecule has 0 radical (unpaired) electrons. The summed E-state index contributed by atoms with van der Waals surface area (Å²) < 4.78 is 10.4. The number of carbonyl (C=O) groups is 1. The summed E-state index contributed by atoms with van der Waals surface area (Å²) in [5, 5.41) is 0. The zero-order chi connectivity index (χ0) is 15.2. The second-order valence-electron chi connectivity index (χ2n) is 5.36. The van der Waals surface area contributed by atoms with E-state index in [2.05, 4.69) is 0 Å². The Bertz CT molecular complexity index is 478. The number of ether oxygens (including phenoxy) is 2. The lowest BCUT2D eigenvalue weighted by Gasteiger charge is -2.34. The molecule has 5 nitrogen and oxygen atoms in total. The van der Waals surface area contributed by atoms with Crippen LogP contribution in [0.1, 0.15) is 30.9 Å². The first-order valence-corrected chi connectivity index (χ1v) is 7.35. The van der Waals surface area contributed by atoms with Crippen LogP contribution in [0.15, 0.2) is 24.3 Å². The summed E-state index contributed by atoms with van der Waals surface area (Å²) in [5.41, 5.74) is 7.37. The third-order valence-corrected chi connectivity index (χ3v) is 3.96. The predicted octanol–water partition coefficient (Wildman–Crippen LogP) is 1.72. The van der Waals surface area contributed by atoms with Crippen molar-refractivity contribution in [1.29, 1.82) is 0 Å². The summed E-state index contributed by atoms with van der Waals surface area (Å²) in [7, 11) is 3.28. The molecule has 2 rings (SSSR count). The molecule has 0 spiro atoms. The average molecular weight is 292 g/mol. The van der Waals surface area contributed by atoms with Gasteiger partial charge in [-0.3, -0.25) is 4.79 Å². The lowest BCUT2D eigenvalue weighted by atomic mass is 9.96. The molecule has 1 heterocycles. The molecule has 21 heavy (non-hydrogen) atoms. The lowest BCUT2D eigenvalue weighted by Crippen LogP contribution is -2.43. The van der Waals surface area contributed by atoms with Crippen LogP contribution in [-0.4, -0.2) is 44.2 Å². The largest absolute Gasteiger partial charge is 0.497 e. The smallest absolute Gasteiger partial charge is 0.223 e. The molecule has 5 heteroatoms. The molecule has 1 fully saturated rings. The first kappa shape index (κ1) is 15.8. The third-order valence-electron chi connectivity index (χ3n) is 3.96. The lowest BCUT2D eigenvalue weighted by molar-refractivity contribution is -0.134. The van der Waals surface area contributed by atoms with E-state index in [1.807, 2.05) is 29.2 Å². The molecule has 2 atom stereocenters. The molecule has 0 aromatic heterocycles. The molecule has 0 saturated carbocycles. The van der Waals surface area contributed by atoms with Gasteiger partial charge >= 0.3 is 0 Å². The van der Waals surface area contributed by atoms with Crippen molar-refractivity contribution in [2.45, 2.75) is 31.3 Å². The van der Waals surface area contributed by atoms with Crippen LogP contribution in [0.2, 0.25) is 0 Å². The minimum absolute atomic E-state index is 0.0691. The summed E-state index contributed by atoms with van der Waals surface area (Å²) in [4.78, 5) is 14.2. The number of hydrogen-bond acceptors (Lipinski definition) is 4. The maximum atomic E-state index is 12.4. The Labute approximate surface area is 126 Å². The number of benzene rings is 1. The van der Waals surface area contributed by atoms with E-state index < -0.39 is 0 Å². The van der Waals surface area contributed by atoms with Crippen molar-refractivity contribution in [1.82, 2.24) is 4.90 Å². The van der Waals surface area contributed by atoms with Gasteiger partial charge in [-0.25, -0.2) is 0 Å². The fraction of sp³-hybridized carbons (Fsp3) is 0.562. The number of nitrogens with two attached hydrogens (primary N) is 1. The van der Waals surface area contributed by atoms with Gasteiger partial charge in [0.25, 0.3) is 0 Å². The van der Waals surface area contributed by atoms with Gasteiger partial charge in [-0.2, -0.15) is 0 Å². The first-order valence-electron chi connectivity index (χ1n) is 7.35. The van der Waals surface area contributed by atoms with E-state index in [4.69, 9.17) is 15.2 Å². The van der Waals surface area contributed by atoms with E-state index in [0.717, 1.165) is 24.2 Å². The number of carbonyl (C=O) groups excluding carboxylic acids is 1. The summed E-state index contributed by atoms with van der Waals surface area (Å²) in [6, 6.07) is 7.61. The number of amides is 1. The van der Waals surface area contributed by atoms with Crippen LogP contribution in [-0.2, 0) is 9.53 Å². The van der Waals surface area contributed by atoms with Crippen LogP contribution in [0, 0.1) is 0 Å². The minimum atomic E-state index is -0.120. The molecule has 1 saturated heterocycles. The summed E-state index contributed by atoms with van der Waals surface area (Å²) >= 11 is 0. The van der Waals surface area contributed by atoms with Gasteiger partial charge in [0.05, 0.1) is 19.8 Å². The van der Waals surface area contributed by atoms with Gasteiger partial charge in [0, 0.05) is 26.1 Å². The van der Waals surface area contributed by atoms with Crippen molar-refractivity contribution >= 4 is 5.91 Å². The average Bonchev–Trinajstić information content (AvgIpc) is 2.64. The Kier molecular flexibility index (Phi) is 5.59. The Morgan fingerprint density at radius 3 is 2.90 bits per heavy atom. The fourth-order valence-electron chi connectivity index (χ4n) is 2.88. The van der Waals surface area contributed by atoms with E-state index in [0.29, 0.717) is 19.6 Å². The van der Waals surface area contributed by atoms with Crippen molar-refractivity contribution in [3.05, 3.63) is 29.8 Å². The van der Waals surface area contributed by atoms with Crippen molar-refractivity contribution < 1.29 is 14.3 Å². The monoisotopic (exact) mass is 292 g/mol. The maximum Gasteiger partial charge on any atom is 0.223 e. The summed E-state index contributed by atoms with van der Waals surface area (Å²) in [5.74, 6) is 0.927. The molecule has 1 aromatic carbocycles. The van der Waals surface area contributed by atoms with E-state index in [1.54, 1.807) is 14.2 Å². The first-order chi connectivity index (χ1) is 10.2. The van der Waals surface area contributed by atoms with Gasteiger partial charge in [-0.1, -0.05) is 12.1 Å². The van der Waals surface area contributed by atoms with E-state index >= 15 is 0 Å². The van der Waals surface area contributed by atoms with Crippen LogP contribution in [0.25, 0.3) is 0 Å². The van der Waals surface area contributed by atoms with Gasteiger partial charge in [-0.15, -0.1) is 0 Å². The molecular weight excluding hydrogens is 268 g/mol. The van der Waals surface area contributed by atoms with Gasteiger partial charge < -0.3 is 20.1 Å². The normalized spacial score (nSPS) is 23.0. The van der Waals surface area contributed by atoms with Gasteiger partial charge in [0.15, 0.2) is 0 Å². The predicted molar refractivity (Wildman–Crippen MR) is 81.2 cm³/mol. The Hall–Kier alpha value is -1.59. The zero-order valence-electron chi connectivity index (χ0n) is 12.7. The number of likely N-dealkylation sites (tertiary alicyclic amines) is 1. The van der Waals surface area contributed by atoms with Crippen LogP contribution >= 0.6 is 0 Å².